The van der Waals surface area contributed by atoms with E-state index in [0.717, 1.165) is 17.7 Å². The SMILES string of the molecule is Cc1cc(C(=O)N2CCc3cc(N)ccc32)ccc1F. The van der Waals surface area contributed by atoms with E-state index in [0.29, 0.717) is 23.4 Å². The van der Waals surface area contributed by atoms with Gasteiger partial charge in [0.05, 0.1) is 0 Å². The normalized spacial score (nSPS) is 13.4. The van der Waals surface area contributed by atoms with Crippen LogP contribution in [0.3, 0.4) is 0 Å². The molecule has 20 heavy (non-hydrogen) atoms. The molecule has 0 aromatic heterocycles. The predicted molar refractivity (Wildman–Crippen MR) is 77.4 cm³/mol. The Morgan fingerprint density at radius 2 is 2.05 bits per heavy atom. The molecule has 1 amide bonds. The highest BCUT2D eigenvalue weighted by Crippen LogP contribution is 2.31. The fourth-order valence-corrected chi connectivity index (χ4v) is 2.57. The molecule has 1 aliphatic rings. The lowest BCUT2D eigenvalue weighted by Gasteiger charge is -2.18. The molecular weight excluding hydrogens is 255 g/mol. The Balaban J connectivity index is 1.95. The Morgan fingerprint density at radius 1 is 1.25 bits per heavy atom. The van der Waals surface area contributed by atoms with Crippen molar-refractivity contribution in [2.45, 2.75) is 13.3 Å². The van der Waals surface area contributed by atoms with Crippen molar-refractivity contribution in [2.75, 3.05) is 17.2 Å². The Hall–Kier alpha value is -2.36. The van der Waals surface area contributed by atoms with Crippen molar-refractivity contribution in [3.05, 3.63) is 58.9 Å². The Kier molecular flexibility index (Phi) is 2.93. The third kappa shape index (κ3) is 2.03. The molecule has 0 bridgehead atoms. The number of benzene rings is 2. The smallest absolute Gasteiger partial charge is 0.258 e. The van der Waals surface area contributed by atoms with E-state index in [9.17, 15) is 9.18 Å². The van der Waals surface area contributed by atoms with Crippen LogP contribution >= 0.6 is 0 Å². The molecule has 0 unspecified atom stereocenters. The first-order valence-corrected chi connectivity index (χ1v) is 6.52. The first kappa shape index (κ1) is 12.7. The zero-order valence-electron chi connectivity index (χ0n) is 11.2. The summed E-state index contributed by atoms with van der Waals surface area (Å²) >= 11 is 0. The number of fused-ring (bicyclic) bond motifs is 1. The maximum absolute atomic E-state index is 13.3. The number of nitrogen functional groups attached to an aromatic ring is 1. The average molecular weight is 270 g/mol. The Bertz CT molecular complexity index is 697. The molecular formula is C16H15FN2O. The van der Waals surface area contributed by atoms with Gasteiger partial charge in [0.25, 0.3) is 5.91 Å². The lowest BCUT2D eigenvalue weighted by atomic mass is 10.1. The average Bonchev–Trinajstić information content (AvgIpc) is 2.84. The Labute approximate surface area is 116 Å². The van der Waals surface area contributed by atoms with Gasteiger partial charge in [0.15, 0.2) is 0 Å². The second-order valence-electron chi connectivity index (χ2n) is 5.06. The minimum Gasteiger partial charge on any atom is -0.399 e. The van der Waals surface area contributed by atoms with Gasteiger partial charge in [0, 0.05) is 23.5 Å². The molecule has 1 aliphatic heterocycles. The second kappa shape index (κ2) is 4.63. The summed E-state index contributed by atoms with van der Waals surface area (Å²) in [6.45, 7) is 2.29. The van der Waals surface area contributed by atoms with Gasteiger partial charge in [0.2, 0.25) is 0 Å². The van der Waals surface area contributed by atoms with Crippen LogP contribution in [0.4, 0.5) is 15.8 Å². The molecule has 3 nitrogen and oxygen atoms in total. The zero-order valence-corrected chi connectivity index (χ0v) is 11.2. The maximum atomic E-state index is 13.3. The highest BCUT2D eigenvalue weighted by atomic mass is 19.1. The van der Waals surface area contributed by atoms with Crippen molar-refractivity contribution >= 4 is 17.3 Å². The minimum atomic E-state index is -0.295. The van der Waals surface area contributed by atoms with Gasteiger partial charge in [-0.1, -0.05) is 0 Å². The highest BCUT2D eigenvalue weighted by Gasteiger charge is 2.25. The van der Waals surface area contributed by atoms with Crippen molar-refractivity contribution in [3.63, 3.8) is 0 Å². The number of carbonyl (C=O) groups excluding carboxylic acids is 1. The van der Waals surface area contributed by atoms with E-state index in [4.69, 9.17) is 5.73 Å². The topological polar surface area (TPSA) is 46.3 Å². The second-order valence-corrected chi connectivity index (χ2v) is 5.06. The first-order chi connectivity index (χ1) is 9.56. The summed E-state index contributed by atoms with van der Waals surface area (Å²) in [5.74, 6) is -0.396. The van der Waals surface area contributed by atoms with Crippen LogP contribution in [0.5, 0.6) is 0 Å². The van der Waals surface area contributed by atoms with Crippen LogP contribution in [0, 0.1) is 12.7 Å². The summed E-state index contributed by atoms with van der Waals surface area (Å²) in [7, 11) is 0. The van der Waals surface area contributed by atoms with Gasteiger partial charge in [-0.15, -0.1) is 0 Å². The molecule has 0 atom stereocenters. The van der Waals surface area contributed by atoms with E-state index < -0.39 is 0 Å². The number of nitrogens with two attached hydrogens (primary N) is 1. The standard InChI is InChI=1S/C16H15FN2O/c1-10-8-12(2-4-14(10)17)16(20)19-7-6-11-9-13(18)3-5-15(11)19/h2-5,8-9H,6-7,18H2,1H3. The van der Waals surface area contributed by atoms with E-state index in [1.807, 2.05) is 12.1 Å². The van der Waals surface area contributed by atoms with E-state index in [2.05, 4.69) is 0 Å². The van der Waals surface area contributed by atoms with Crippen molar-refractivity contribution in [2.24, 2.45) is 0 Å². The molecule has 0 saturated carbocycles. The Morgan fingerprint density at radius 3 is 2.80 bits per heavy atom. The lowest BCUT2D eigenvalue weighted by molar-refractivity contribution is 0.0989. The summed E-state index contributed by atoms with van der Waals surface area (Å²) in [6.07, 6.45) is 0.798. The number of amides is 1. The predicted octanol–water partition coefficient (Wildman–Crippen LogP) is 2.92. The van der Waals surface area contributed by atoms with Crippen molar-refractivity contribution in [3.8, 4) is 0 Å². The van der Waals surface area contributed by atoms with E-state index >= 15 is 0 Å². The number of halogens is 1. The van der Waals surface area contributed by atoms with E-state index in [1.54, 1.807) is 24.0 Å². The van der Waals surface area contributed by atoms with Crippen molar-refractivity contribution < 1.29 is 9.18 Å². The summed E-state index contributed by atoms with van der Waals surface area (Å²) in [5, 5.41) is 0. The van der Waals surface area contributed by atoms with Gasteiger partial charge >= 0.3 is 0 Å². The highest BCUT2D eigenvalue weighted by molar-refractivity contribution is 6.07. The number of aryl methyl sites for hydroxylation is 1. The van der Waals surface area contributed by atoms with Crippen LogP contribution in [0.2, 0.25) is 0 Å². The van der Waals surface area contributed by atoms with Crippen LogP contribution < -0.4 is 10.6 Å². The number of hydrogen-bond donors (Lipinski definition) is 1. The van der Waals surface area contributed by atoms with Gasteiger partial charge in [0.1, 0.15) is 5.82 Å². The zero-order chi connectivity index (χ0) is 14.3. The van der Waals surface area contributed by atoms with Gasteiger partial charge in [-0.05, 0) is 60.9 Å². The molecule has 1 heterocycles. The van der Waals surface area contributed by atoms with Crippen molar-refractivity contribution in [1.82, 2.24) is 0 Å². The number of hydrogen-bond acceptors (Lipinski definition) is 2. The fraction of sp³-hybridized carbons (Fsp3) is 0.188. The molecule has 3 rings (SSSR count). The summed E-state index contributed by atoms with van der Waals surface area (Å²) in [5.41, 5.74) is 9.42. The number of anilines is 2. The van der Waals surface area contributed by atoms with E-state index in [-0.39, 0.29) is 11.7 Å². The summed E-state index contributed by atoms with van der Waals surface area (Å²) in [4.78, 5) is 14.3. The molecule has 0 fully saturated rings. The quantitative estimate of drug-likeness (QED) is 0.810. The molecule has 2 aromatic rings. The van der Waals surface area contributed by atoms with Crippen molar-refractivity contribution in [1.29, 1.82) is 0 Å². The molecule has 2 aromatic carbocycles. The third-order valence-corrected chi connectivity index (χ3v) is 3.65. The molecule has 4 heteroatoms. The number of rotatable bonds is 1. The van der Waals surface area contributed by atoms with Crippen LogP contribution in [0.25, 0.3) is 0 Å². The first-order valence-electron chi connectivity index (χ1n) is 6.52. The molecule has 0 saturated heterocycles. The number of nitrogens with zero attached hydrogens (tertiary/aromatic N) is 1. The molecule has 102 valence electrons. The maximum Gasteiger partial charge on any atom is 0.258 e. The molecule has 0 spiro atoms. The lowest BCUT2D eigenvalue weighted by Crippen LogP contribution is -2.28. The van der Waals surface area contributed by atoms with Gasteiger partial charge in [-0.3, -0.25) is 4.79 Å². The van der Waals surface area contributed by atoms with Gasteiger partial charge in [-0.2, -0.15) is 0 Å². The minimum absolute atomic E-state index is 0.100. The van der Waals surface area contributed by atoms with Crippen LogP contribution in [-0.2, 0) is 6.42 Å². The van der Waals surface area contributed by atoms with Crippen LogP contribution in [0.1, 0.15) is 21.5 Å². The van der Waals surface area contributed by atoms with Gasteiger partial charge < -0.3 is 10.6 Å². The summed E-state index contributed by atoms with van der Waals surface area (Å²) < 4.78 is 13.3. The molecule has 0 radical (unpaired) electrons. The van der Waals surface area contributed by atoms with Gasteiger partial charge in [-0.25, -0.2) is 4.39 Å². The van der Waals surface area contributed by atoms with Crippen LogP contribution in [0.15, 0.2) is 36.4 Å². The third-order valence-electron chi connectivity index (χ3n) is 3.65. The largest absolute Gasteiger partial charge is 0.399 e. The monoisotopic (exact) mass is 270 g/mol. The molecule has 0 aliphatic carbocycles. The van der Waals surface area contributed by atoms with Crippen LogP contribution in [-0.4, -0.2) is 12.5 Å². The van der Waals surface area contributed by atoms with E-state index in [1.165, 1.54) is 12.1 Å². The summed E-state index contributed by atoms with van der Waals surface area (Å²) in [6, 6.07) is 10.0. The fourth-order valence-electron chi connectivity index (χ4n) is 2.57. The molecule has 2 N–H and O–H groups in total. The number of carbonyl (C=O) groups is 1.